The van der Waals surface area contributed by atoms with Crippen molar-refractivity contribution in [2.24, 2.45) is 11.8 Å². The van der Waals surface area contributed by atoms with Crippen molar-refractivity contribution in [3.05, 3.63) is 28.8 Å². The summed E-state index contributed by atoms with van der Waals surface area (Å²) in [6, 6.07) is 3.98. The molecule has 1 aromatic rings. The summed E-state index contributed by atoms with van der Waals surface area (Å²) in [5.41, 5.74) is 3.78. The molecule has 0 unspecified atom stereocenters. The fourth-order valence-electron chi connectivity index (χ4n) is 4.50. The van der Waals surface area contributed by atoms with Crippen molar-refractivity contribution in [3.63, 3.8) is 0 Å². The summed E-state index contributed by atoms with van der Waals surface area (Å²) in [7, 11) is 1.51. The lowest BCUT2D eigenvalue weighted by Gasteiger charge is -2.21. The molecule has 2 fully saturated rings. The van der Waals surface area contributed by atoms with Crippen LogP contribution in [0, 0.1) is 32.6 Å². The number of carbonyl (C=O) groups is 4. The molecule has 0 radical (unpaired) electrons. The summed E-state index contributed by atoms with van der Waals surface area (Å²) in [4.78, 5) is 52.4. The van der Waals surface area contributed by atoms with Crippen LogP contribution in [0.5, 0.6) is 0 Å². The molecular weight excluding hydrogens is 370 g/mol. The lowest BCUT2D eigenvalue weighted by atomic mass is 9.81. The zero-order valence-corrected chi connectivity index (χ0v) is 17.6. The van der Waals surface area contributed by atoms with Crippen LogP contribution in [0.1, 0.15) is 42.4 Å². The van der Waals surface area contributed by atoms with E-state index >= 15 is 0 Å². The number of nitrogens with one attached hydrogen (secondary N) is 1. The highest BCUT2D eigenvalue weighted by molar-refractivity contribution is 6.07. The van der Waals surface area contributed by atoms with Crippen molar-refractivity contribution in [1.82, 2.24) is 9.80 Å². The molecule has 3 rings (SSSR count). The molecule has 2 atom stereocenters. The zero-order valence-electron chi connectivity index (χ0n) is 17.6. The molecule has 7 nitrogen and oxygen atoms in total. The Labute approximate surface area is 171 Å². The van der Waals surface area contributed by atoms with E-state index in [0.29, 0.717) is 12.8 Å². The van der Waals surface area contributed by atoms with Gasteiger partial charge in [0.25, 0.3) is 0 Å². The van der Waals surface area contributed by atoms with Crippen molar-refractivity contribution in [2.75, 3.05) is 25.5 Å². The van der Waals surface area contributed by atoms with Crippen molar-refractivity contribution < 1.29 is 19.2 Å². The minimum Gasteiger partial charge on any atom is -0.335 e. The summed E-state index contributed by atoms with van der Waals surface area (Å²) in [5, 5.41) is 2.86. The summed E-state index contributed by atoms with van der Waals surface area (Å²) in [6.45, 7) is 5.41. The first-order valence-electron chi connectivity index (χ1n) is 10.2. The fourth-order valence-corrected chi connectivity index (χ4v) is 4.50. The molecule has 0 bridgehead atoms. The average molecular weight is 399 g/mol. The van der Waals surface area contributed by atoms with Crippen LogP contribution >= 0.6 is 0 Å². The van der Waals surface area contributed by atoms with Gasteiger partial charge in [-0.1, -0.05) is 30.5 Å². The second-order valence-corrected chi connectivity index (χ2v) is 8.33. The van der Waals surface area contributed by atoms with Gasteiger partial charge >= 0.3 is 0 Å². The van der Waals surface area contributed by atoms with Crippen LogP contribution in [0.15, 0.2) is 12.1 Å². The van der Waals surface area contributed by atoms with Crippen LogP contribution in [-0.2, 0) is 19.2 Å². The van der Waals surface area contributed by atoms with Gasteiger partial charge in [-0.05, 0) is 44.7 Å². The van der Waals surface area contributed by atoms with Crippen LogP contribution in [0.2, 0.25) is 0 Å². The third-order valence-corrected chi connectivity index (χ3v) is 5.97. The van der Waals surface area contributed by atoms with Gasteiger partial charge in [0, 0.05) is 12.7 Å². The number of rotatable bonds is 5. The van der Waals surface area contributed by atoms with Gasteiger partial charge in [0.2, 0.25) is 23.6 Å². The first-order chi connectivity index (χ1) is 13.7. The Morgan fingerprint density at radius 3 is 2.07 bits per heavy atom. The van der Waals surface area contributed by atoms with E-state index in [9.17, 15) is 19.2 Å². The molecule has 1 aromatic carbocycles. The second kappa shape index (κ2) is 8.35. The second-order valence-electron chi connectivity index (χ2n) is 8.33. The van der Waals surface area contributed by atoms with Gasteiger partial charge in [-0.15, -0.1) is 0 Å². The minimum atomic E-state index is -0.419. The summed E-state index contributed by atoms with van der Waals surface area (Å²) in [6.07, 6.45) is 3.32. The van der Waals surface area contributed by atoms with Gasteiger partial charge in [0.15, 0.2) is 0 Å². The number of carbonyl (C=O) groups excluding carboxylic acids is 4. The predicted molar refractivity (Wildman–Crippen MR) is 109 cm³/mol. The van der Waals surface area contributed by atoms with Crippen molar-refractivity contribution in [1.29, 1.82) is 0 Å². The number of amides is 4. The number of likely N-dealkylation sites (tertiary alicyclic amines) is 1. The third-order valence-electron chi connectivity index (χ3n) is 5.97. The average Bonchev–Trinajstić information content (AvgIpc) is 2.90. The molecule has 0 spiro atoms. The number of imide groups is 1. The maximum Gasteiger partial charge on any atom is 0.243 e. The lowest BCUT2D eigenvalue weighted by molar-refractivity contribution is -0.146. The van der Waals surface area contributed by atoms with Gasteiger partial charge in [0.05, 0.1) is 18.4 Å². The largest absolute Gasteiger partial charge is 0.335 e. The number of aryl methyl sites for hydroxylation is 3. The molecule has 1 heterocycles. The van der Waals surface area contributed by atoms with E-state index in [1.54, 1.807) is 0 Å². The number of nitrogens with zero attached hydrogens (tertiary/aromatic N) is 2. The molecule has 1 aliphatic carbocycles. The third kappa shape index (κ3) is 4.33. The Kier molecular flexibility index (Phi) is 6.05. The summed E-state index contributed by atoms with van der Waals surface area (Å²) >= 11 is 0. The van der Waals surface area contributed by atoms with E-state index < -0.39 is 5.91 Å². The van der Waals surface area contributed by atoms with Gasteiger partial charge in [-0.2, -0.15) is 0 Å². The van der Waals surface area contributed by atoms with E-state index in [-0.39, 0.29) is 42.6 Å². The van der Waals surface area contributed by atoms with Gasteiger partial charge in [0.1, 0.15) is 6.54 Å². The number of likely N-dealkylation sites (N-methyl/N-ethyl adjacent to an activating group) is 1. The molecule has 156 valence electrons. The maximum absolute atomic E-state index is 12.6. The van der Waals surface area contributed by atoms with Crippen LogP contribution < -0.4 is 5.32 Å². The molecule has 7 heteroatoms. The maximum atomic E-state index is 12.6. The number of benzene rings is 1. The molecule has 1 saturated heterocycles. The Morgan fingerprint density at radius 1 is 1.03 bits per heavy atom. The monoisotopic (exact) mass is 399 g/mol. The van der Waals surface area contributed by atoms with E-state index in [0.717, 1.165) is 40.1 Å². The molecule has 0 aromatic heterocycles. The summed E-state index contributed by atoms with van der Waals surface area (Å²) < 4.78 is 0. The Bertz CT molecular complexity index is 817. The molecular formula is C22H29N3O4. The molecule has 29 heavy (non-hydrogen) atoms. The van der Waals surface area contributed by atoms with Gasteiger partial charge in [-0.25, -0.2) is 0 Å². The highest BCUT2D eigenvalue weighted by atomic mass is 16.2. The minimum absolute atomic E-state index is 0.144. The van der Waals surface area contributed by atoms with E-state index in [4.69, 9.17) is 0 Å². The molecule has 1 N–H and O–H groups in total. The number of hydrogen-bond acceptors (Lipinski definition) is 4. The van der Waals surface area contributed by atoms with Crippen LogP contribution in [-0.4, -0.2) is 53.6 Å². The highest BCUT2D eigenvalue weighted by Crippen LogP contribution is 2.37. The van der Waals surface area contributed by atoms with Crippen molar-refractivity contribution in [3.8, 4) is 0 Å². The quantitative estimate of drug-likeness (QED) is 0.769. The van der Waals surface area contributed by atoms with E-state index in [1.807, 2.05) is 32.9 Å². The topological polar surface area (TPSA) is 86.8 Å². The van der Waals surface area contributed by atoms with Crippen LogP contribution in [0.25, 0.3) is 0 Å². The smallest absolute Gasteiger partial charge is 0.243 e. The van der Waals surface area contributed by atoms with Crippen molar-refractivity contribution in [2.45, 2.75) is 46.5 Å². The standard InChI is InChI=1S/C22H29N3O4/c1-13-9-14(2)20(15(3)10-13)23-18(26)11-24(4)19(27)12-25-21(28)16-7-5-6-8-17(16)22(25)29/h9-10,16-17H,5-8,11-12H2,1-4H3,(H,23,26)/t16-,17+. The lowest BCUT2D eigenvalue weighted by Crippen LogP contribution is -2.44. The highest BCUT2D eigenvalue weighted by Gasteiger charge is 2.48. The SMILES string of the molecule is Cc1cc(C)c(NC(=O)CN(C)C(=O)CN2C(=O)[C@H]3CCCC[C@H]3C2=O)c(C)c1. The van der Waals surface area contributed by atoms with Crippen LogP contribution in [0.3, 0.4) is 0 Å². The Balaban J connectivity index is 1.59. The summed E-state index contributed by atoms with van der Waals surface area (Å²) in [5.74, 6) is -1.76. The van der Waals surface area contributed by atoms with Crippen LogP contribution in [0.4, 0.5) is 5.69 Å². The first kappa shape index (κ1) is 21.0. The van der Waals surface area contributed by atoms with Gasteiger partial charge in [-0.3, -0.25) is 24.1 Å². The molecule has 1 saturated carbocycles. The van der Waals surface area contributed by atoms with Crippen molar-refractivity contribution >= 4 is 29.3 Å². The molecule has 1 aliphatic heterocycles. The number of fused-ring (bicyclic) bond motifs is 1. The predicted octanol–water partition coefficient (Wildman–Crippen LogP) is 2.18. The fraction of sp³-hybridized carbons (Fsp3) is 0.545. The Morgan fingerprint density at radius 2 is 1.55 bits per heavy atom. The van der Waals surface area contributed by atoms with E-state index in [1.165, 1.54) is 11.9 Å². The number of hydrogen-bond donors (Lipinski definition) is 1. The normalized spacial score (nSPS) is 21.2. The zero-order chi connectivity index (χ0) is 21.3. The van der Waals surface area contributed by atoms with E-state index in [2.05, 4.69) is 5.32 Å². The number of anilines is 1. The Hall–Kier alpha value is -2.70. The van der Waals surface area contributed by atoms with Gasteiger partial charge < -0.3 is 10.2 Å². The first-order valence-corrected chi connectivity index (χ1v) is 10.2. The molecule has 2 aliphatic rings. The molecule has 4 amide bonds.